The number of nitrogens with one attached hydrogen (secondary N) is 1. The first kappa shape index (κ1) is 26.5. The van der Waals surface area contributed by atoms with Crippen molar-refractivity contribution in [3.05, 3.63) is 76.6 Å². The fourth-order valence-electron chi connectivity index (χ4n) is 5.53. The molecule has 0 spiro atoms. The minimum atomic E-state index is -3.92. The molecule has 2 atom stereocenters. The third-order valence-electron chi connectivity index (χ3n) is 7.61. The van der Waals surface area contributed by atoms with E-state index in [0.29, 0.717) is 5.69 Å². The Morgan fingerprint density at radius 2 is 1.87 bits per heavy atom. The molecule has 202 valence electrons. The van der Waals surface area contributed by atoms with Crippen LogP contribution in [-0.4, -0.2) is 53.4 Å². The number of likely N-dealkylation sites (tertiary alicyclic amines) is 1. The first-order valence-electron chi connectivity index (χ1n) is 13.4. The average molecular weight is 537 g/mol. The van der Waals surface area contributed by atoms with Crippen LogP contribution in [0.4, 0.5) is 0 Å². The van der Waals surface area contributed by atoms with Gasteiger partial charge in [0.05, 0.1) is 16.6 Å². The van der Waals surface area contributed by atoms with Crippen molar-refractivity contribution in [2.24, 2.45) is 5.73 Å². The third-order valence-corrected chi connectivity index (χ3v) is 9.09. The highest BCUT2D eigenvalue weighted by atomic mass is 32.2. The second-order valence-electron chi connectivity index (χ2n) is 10.6. The quantitative estimate of drug-likeness (QED) is 0.434. The Morgan fingerprint density at radius 3 is 2.61 bits per heavy atom. The number of primary amides is 1. The van der Waals surface area contributed by atoms with Crippen molar-refractivity contribution in [3.8, 4) is 0 Å². The molecule has 2 aliphatic rings. The lowest BCUT2D eigenvalue weighted by Gasteiger charge is -2.29. The number of hydrogen-bond donors (Lipinski definition) is 2. The number of benzene rings is 2. The van der Waals surface area contributed by atoms with Gasteiger partial charge in [-0.2, -0.15) is 4.72 Å². The van der Waals surface area contributed by atoms with Gasteiger partial charge in [0.2, 0.25) is 15.9 Å². The molecule has 1 aliphatic heterocycles. The maximum atomic E-state index is 12.8. The van der Waals surface area contributed by atoms with Gasteiger partial charge in [-0.05, 0) is 80.9 Å². The molecule has 2 heterocycles. The molecule has 38 heavy (non-hydrogen) atoms. The number of aromatic nitrogens is 3. The van der Waals surface area contributed by atoms with Gasteiger partial charge in [-0.15, -0.1) is 5.10 Å². The predicted octanol–water partition coefficient (Wildman–Crippen LogP) is 2.87. The molecule has 1 unspecified atom stereocenters. The lowest BCUT2D eigenvalue weighted by molar-refractivity contribution is -0.119. The summed E-state index contributed by atoms with van der Waals surface area (Å²) in [7, 11) is -3.92. The summed E-state index contributed by atoms with van der Waals surface area (Å²) in [6, 6.07) is 12.1. The molecule has 1 aromatic heterocycles. The first-order chi connectivity index (χ1) is 18.3. The summed E-state index contributed by atoms with van der Waals surface area (Å²) in [5.74, 6) is -0.764. The second kappa shape index (κ2) is 11.3. The lowest BCUT2D eigenvalue weighted by atomic mass is 9.86. The average Bonchev–Trinajstić information content (AvgIpc) is 3.37. The van der Waals surface area contributed by atoms with Crippen LogP contribution >= 0.6 is 0 Å². The Balaban J connectivity index is 1.29. The number of aryl methyl sites for hydroxylation is 2. The molecule has 0 radical (unpaired) electrons. The van der Waals surface area contributed by atoms with Crippen LogP contribution in [0.1, 0.15) is 66.1 Å². The Kier molecular flexibility index (Phi) is 7.92. The smallest absolute Gasteiger partial charge is 0.241 e. The van der Waals surface area contributed by atoms with Crippen molar-refractivity contribution >= 4 is 15.9 Å². The third kappa shape index (κ3) is 6.14. The summed E-state index contributed by atoms with van der Waals surface area (Å²) in [5, 5.41) is 8.62. The fraction of sp³-hybridized carbons (Fsp3) is 0.464. The molecule has 2 aromatic carbocycles. The highest BCUT2D eigenvalue weighted by molar-refractivity contribution is 7.89. The van der Waals surface area contributed by atoms with Crippen molar-refractivity contribution in [1.82, 2.24) is 24.6 Å². The first-order valence-corrected chi connectivity index (χ1v) is 14.9. The van der Waals surface area contributed by atoms with Crippen LogP contribution in [0, 0.1) is 6.92 Å². The minimum absolute atomic E-state index is 0.0226. The summed E-state index contributed by atoms with van der Waals surface area (Å²) >= 11 is 0. The Morgan fingerprint density at radius 1 is 1.11 bits per heavy atom. The van der Waals surface area contributed by atoms with Crippen molar-refractivity contribution < 1.29 is 13.2 Å². The predicted molar refractivity (Wildman–Crippen MR) is 145 cm³/mol. The molecule has 5 rings (SSSR count). The van der Waals surface area contributed by atoms with Crippen LogP contribution in [0.3, 0.4) is 0 Å². The van der Waals surface area contributed by atoms with E-state index in [2.05, 4.69) is 38.1 Å². The second-order valence-corrected chi connectivity index (χ2v) is 12.3. The summed E-state index contributed by atoms with van der Waals surface area (Å²) < 4.78 is 29.9. The van der Waals surface area contributed by atoms with Crippen LogP contribution < -0.4 is 10.5 Å². The maximum Gasteiger partial charge on any atom is 0.241 e. The number of rotatable bonds is 9. The van der Waals surface area contributed by atoms with Gasteiger partial charge in [-0.25, -0.2) is 13.1 Å². The van der Waals surface area contributed by atoms with Crippen LogP contribution in [-0.2, 0) is 34.2 Å². The van der Waals surface area contributed by atoms with E-state index in [1.807, 2.05) is 11.6 Å². The zero-order chi connectivity index (χ0) is 26.7. The maximum absolute atomic E-state index is 12.8. The zero-order valence-electron chi connectivity index (χ0n) is 21.8. The molecular weight excluding hydrogens is 500 g/mol. The molecule has 9 nitrogen and oxygen atoms in total. The van der Waals surface area contributed by atoms with Crippen molar-refractivity contribution in [2.45, 2.75) is 75.4 Å². The number of sulfonamides is 1. The molecule has 1 aliphatic carbocycles. The van der Waals surface area contributed by atoms with Gasteiger partial charge in [0, 0.05) is 19.2 Å². The number of hydrogen-bond acceptors (Lipinski definition) is 6. The van der Waals surface area contributed by atoms with E-state index >= 15 is 0 Å². The van der Waals surface area contributed by atoms with Crippen LogP contribution in [0.25, 0.3) is 0 Å². The van der Waals surface area contributed by atoms with Crippen molar-refractivity contribution in [1.29, 1.82) is 0 Å². The van der Waals surface area contributed by atoms with Gasteiger partial charge in [0.25, 0.3) is 0 Å². The van der Waals surface area contributed by atoms with E-state index < -0.39 is 22.0 Å². The monoisotopic (exact) mass is 536 g/mol. The fourth-order valence-corrected chi connectivity index (χ4v) is 6.74. The van der Waals surface area contributed by atoms with Gasteiger partial charge in [-0.3, -0.25) is 9.69 Å². The molecule has 1 fully saturated rings. The van der Waals surface area contributed by atoms with E-state index in [0.717, 1.165) is 31.4 Å². The molecular formula is C28H36N6O3S. The number of fused-ring (bicyclic) bond motifs is 1. The molecule has 3 aromatic rings. The highest BCUT2D eigenvalue weighted by Crippen LogP contribution is 2.33. The van der Waals surface area contributed by atoms with Gasteiger partial charge in [-0.1, -0.05) is 47.5 Å². The van der Waals surface area contributed by atoms with Gasteiger partial charge >= 0.3 is 0 Å². The summed E-state index contributed by atoms with van der Waals surface area (Å²) in [6.45, 7) is 5.22. The molecule has 1 saturated heterocycles. The van der Waals surface area contributed by atoms with E-state index in [4.69, 9.17) is 5.73 Å². The number of carbonyl (C=O) groups is 1. The summed E-state index contributed by atoms with van der Waals surface area (Å²) in [5.41, 5.74) is 11.0. The van der Waals surface area contributed by atoms with E-state index in [1.54, 1.807) is 18.3 Å². The normalized spacial score (nSPS) is 19.1. The van der Waals surface area contributed by atoms with Crippen LogP contribution in [0.5, 0.6) is 0 Å². The largest absolute Gasteiger partial charge is 0.368 e. The highest BCUT2D eigenvalue weighted by Gasteiger charge is 2.27. The van der Waals surface area contributed by atoms with E-state index in [9.17, 15) is 13.2 Å². The molecule has 1 amide bonds. The summed E-state index contributed by atoms with van der Waals surface area (Å²) in [6.07, 6.45) is 8.78. The molecule has 0 saturated carbocycles. The summed E-state index contributed by atoms with van der Waals surface area (Å²) in [4.78, 5) is 14.8. The lowest BCUT2D eigenvalue weighted by Crippen LogP contribution is -2.45. The SMILES string of the molecule is Cc1ccc(S(=O)(=O)NC(Cc2cn([C@@H]3CCCc4cc(CN5CCCCC5)ccc43)nn2)C(N)=O)cc1. The number of carbonyl (C=O) groups excluding carboxylic acids is 1. The van der Waals surface area contributed by atoms with Crippen LogP contribution in [0.15, 0.2) is 53.6 Å². The van der Waals surface area contributed by atoms with Gasteiger partial charge in [0.1, 0.15) is 6.04 Å². The van der Waals surface area contributed by atoms with Gasteiger partial charge in [0.15, 0.2) is 0 Å². The van der Waals surface area contributed by atoms with Crippen molar-refractivity contribution in [3.63, 3.8) is 0 Å². The Hall–Kier alpha value is -3.08. The van der Waals surface area contributed by atoms with E-state index in [1.165, 1.54) is 61.2 Å². The number of piperidine rings is 1. The molecule has 3 N–H and O–H groups in total. The molecule has 10 heteroatoms. The van der Waals surface area contributed by atoms with Gasteiger partial charge < -0.3 is 5.73 Å². The van der Waals surface area contributed by atoms with Crippen LogP contribution in [0.2, 0.25) is 0 Å². The number of nitrogens with zero attached hydrogens (tertiary/aromatic N) is 4. The number of nitrogens with two attached hydrogens (primary N) is 1. The molecule has 0 bridgehead atoms. The van der Waals surface area contributed by atoms with Crippen molar-refractivity contribution in [2.75, 3.05) is 13.1 Å². The topological polar surface area (TPSA) is 123 Å². The Labute approximate surface area is 224 Å². The Bertz CT molecular complexity index is 1380. The zero-order valence-corrected chi connectivity index (χ0v) is 22.7. The standard InChI is InChI=1S/C28H36N6O3S/c1-20-8-11-24(12-9-20)38(36,37)31-26(28(29)35)17-23-19-34(32-30-23)27-7-5-6-22-16-21(10-13-25(22)27)18-33-14-3-2-4-15-33/h8-13,16,19,26-27,31H,2-7,14-15,17-18H2,1H3,(H2,29,35)/t26?,27-/m1/s1. The minimum Gasteiger partial charge on any atom is -0.368 e. The number of amides is 1. The van der Waals surface area contributed by atoms with E-state index in [-0.39, 0.29) is 17.4 Å².